The lowest BCUT2D eigenvalue weighted by atomic mass is 10.2. The van der Waals surface area contributed by atoms with Crippen LogP contribution >= 0.6 is 0 Å². The maximum Gasteiger partial charge on any atom is 0.261 e. The lowest BCUT2D eigenvalue weighted by molar-refractivity contribution is -0.116. The molecule has 1 fully saturated rings. The largest absolute Gasteiger partial charge is 0.354 e. The Hall–Kier alpha value is -1.30. The van der Waals surface area contributed by atoms with Crippen LogP contribution in [-0.2, 0) is 4.79 Å². The summed E-state index contributed by atoms with van der Waals surface area (Å²) < 4.78 is 0. The van der Waals surface area contributed by atoms with Gasteiger partial charge in [0.05, 0.1) is 0 Å². The zero-order chi connectivity index (χ0) is 8.27. The summed E-state index contributed by atoms with van der Waals surface area (Å²) in [5.41, 5.74) is 0.245. The lowest BCUT2D eigenvalue weighted by Crippen LogP contribution is -2.19. The highest BCUT2D eigenvalue weighted by atomic mass is 16.1. The number of nitriles is 1. The first-order chi connectivity index (χ1) is 5.27. The molecule has 0 aromatic heterocycles. The highest BCUT2D eigenvalue weighted by molar-refractivity contribution is 5.97. The summed E-state index contributed by atoms with van der Waals surface area (Å²) in [5, 5.41) is 10.9. The minimum atomic E-state index is -0.278. The maximum absolute atomic E-state index is 10.9. The second kappa shape index (κ2) is 3.20. The third-order valence-corrected chi connectivity index (χ3v) is 1.62. The van der Waals surface area contributed by atoms with Crippen molar-refractivity contribution in [2.24, 2.45) is 5.92 Å². The first-order valence-corrected chi connectivity index (χ1v) is 3.62. The number of likely N-dealkylation sites (N-methyl/N-ethyl adjacent to an activating group) is 1. The van der Waals surface area contributed by atoms with Gasteiger partial charge in [-0.25, -0.2) is 0 Å². The first kappa shape index (κ1) is 7.80. The number of hydrogen-bond acceptors (Lipinski definition) is 2. The molecule has 0 radical (unpaired) electrons. The molecule has 0 saturated heterocycles. The molecule has 1 amide bonds. The van der Waals surface area contributed by atoms with Crippen LogP contribution in [0.3, 0.4) is 0 Å². The molecular weight excluding hydrogens is 140 g/mol. The predicted octanol–water partition coefficient (Wildman–Crippen LogP) is 0.592. The van der Waals surface area contributed by atoms with E-state index >= 15 is 0 Å². The Morgan fingerprint density at radius 1 is 1.73 bits per heavy atom. The molecule has 1 aliphatic rings. The van der Waals surface area contributed by atoms with E-state index < -0.39 is 0 Å². The summed E-state index contributed by atoms with van der Waals surface area (Å²) >= 11 is 0. The number of amides is 1. The Morgan fingerprint density at radius 2 is 2.36 bits per heavy atom. The molecule has 3 heteroatoms. The molecule has 1 saturated carbocycles. The number of nitrogens with zero attached hydrogens (tertiary/aromatic N) is 1. The van der Waals surface area contributed by atoms with Crippen LogP contribution in [0.15, 0.2) is 11.6 Å². The summed E-state index contributed by atoms with van der Waals surface area (Å²) in [7, 11) is 1.53. The average molecular weight is 150 g/mol. The Bertz CT molecular complexity index is 233. The van der Waals surface area contributed by atoms with Gasteiger partial charge in [-0.1, -0.05) is 6.08 Å². The van der Waals surface area contributed by atoms with Crippen LogP contribution in [-0.4, -0.2) is 13.0 Å². The van der Waals surface area contributed by atoms with Gasteiger partial charge in [-0.15, -0.1) is 0 Å². The molecule has 3 nitrogen and oxygen atoms in total. The molecular formula is C8H10N2O. The highest BCUT2D eigenvalue weighted by Gasteiger charge is 2.20. The second-order valence-electron chi connectivity index (χ2n) is 2.61. The number of rotatable bonds is 2. The first-order valence-electron chi connectivity index (χ1n) is 3.62. The number of hydrogen-bond donors (Lipinski definition) is 1. The molecule has 0 unspecified atom stereocenters. The van der Waals surface area contributed by atoms with Crippen molar-refractivity contribution in [1.29, 1.82) is 5.26 Å². The number of nitrogens with one attached hydrogen (secondary N) is 1. The highest BCUT2D eigenvalue weighted by Crippen LogP contribution is 2.31. The zero-order valence-corrected chi connectivity index (χ0v) is 6.42. The normalized spacial score (nSPS) is 17.3. The van der Waals surface area contributed by atoms with Crippen LogP contribution in [0.2, 0.25) is 0 Å². The van der Waals surface area contributed by atoms with Gasteiger partial charge >= 0.3 is 0 Å². The van der Waals surface area contributed by atoms with Crippen LogP contribution in [0.1, 0.15) is 12.8 Å². The van der Waals surface area contributed by atoms with Crippen molar-refractivity contribution in [3.8, 4) is 6.07 Å². The standard InChI is InChI=1S/C8H10N2O/c1-10-8(11)7(5-9)4-6-2-3-6/h4,6H,2-3H2,1H3,(H,10,11). The van der Waals surface area contributed by atoms with Gasteiger partial charge in [0, 0.05) is 7.05 Å². The average Bonchev–Trinajstić information content (AvgIpc) is 2.82. The molecule has 1 rings (SSSR count). The lowest BCUT2D eigenvalue weighted by Gasteiger charge is -1.94. The van der Waals surface area contributed by atoms with Gasteiger partial charge in [-0.05, 0) is 18.8 Å². The summed E-state index contributed by atoms with van der Waals surface area (Å²) in [6.45, 7) is 0. The Morgan fingerprint density at radius 3 is 2.73 bits per heavy atom. The van der Waals surface area contributed by atoms with Crippen molar-refractivity contribution in [3.63, 3.8) is 0 Å². The molecule has 0 atom stereocenters. The van der Waals surface area contributed by atoms with Gasteiger partial charge in [0.1, 0.15) is 11.6 Å². The Labute approximate surface area is 65.7 Å². The van der Waals surface area contributed by atoms with E-state index in [1.54, 1.807) is 6.08 Å². The third kappa shape index (κ3) is 2.08. The zero-order valence-electron chi connectivity index (χ0n) is 6.42. The van der Waals surface area contributed by atoms with Crippen molar-refractivity contribution < 1.29 is 4.79 Å². The number of allylic oxidation sites excluding steroid dienone is 1. The van der Waals surface area contributed by atoms with E-state index in [-0.39, 0.29) is 11.5 Å². The molecule has 0 heterocycles. The van der Waals surface area contributed by atoms with E-state index in [2.05, 4.69) is 5.32 Å². The van der Waals surface area contributed by atoms with Crippen LogP contribution in [0.5, 0.6) is 0 Å². The van der Waals surface area contributed by atoms with E-state index in [0.717, 1.165) is 12.8 Å². The van der Waals surface area contributed by atoms with Gasteiger partial charge in [-0.2, -0.15) is 5.26 Å². The predicted molar refractivity (Wildman–Crippen MR) is 40.5 cm³/mol. The minimum Gasteiger partial charge on any atom is -0.354 e. The quantitative estimate of drug-likeness (QED) is 0.462. The molecule has 11 heavy (non-hydrogen) atoms. The van der Waals surface area contributed by atoms with Crippen molar-refractivity contribution in [2.45, 2.75) is 12.8 Å². The van der Waals surface area contributed by atoms with Gasteiger partial charge in [0.25, 0.3) is 5.91 Å². The third-order valence-electron chi connectivity index (χ3n) is 1.62. The minimum absolute atomic E-state index is 0.245. The maximum atomic E-state index is 10.9. The second-order valence-corrected chi connectivity index (χ2v) is 2.61. The van der Waals surface area contributed by atoms with Crippen molar-refractivity contribution in [1.82, 2.24) is 5.32 Å². The fourth-order valence-electron chi connectivity index (χ4n) is 0.797. The van der Waals surface area contributed by atoms with Crippen LogP contribution in [0.25, 0.3) is 0 Å². The Balaban J connectivity index is 2.62. The van der Waals surface area contributed by atoms with Crippen LogP contribution < -0.4 is 5.32 Å². The summed E-state index contributed by atoms with van der Waals surface area (Å²) in [4.78, 5) is 10.9. The molecule has 1 aliphatic carbocycles. The number of carbonyl (C=O) groups is 1. The molecule has 0 bridgehead atoms. The van der Waals surface area contributed by atoms with E-state index in [0.29, 0.717) is 5.92 Å². The van der Waals surface area contributed by atoms with Crippen LogP contribution in [0, 0.1) is 17.2 Å². The molecule has 0 spiro atoms. The molecule has 1 N–H and O–H groups in total. The van der Waals surface area contributed by atoms with Crippen molar-refractivity contribution in [3.05, 3.63) is 11.6 Å². The Kier molecular flexibility index (Phi) is 2.27. The van der Waals surface area contributed by atoms with E-state index in [4.69, 9.17) is 5.26 Å². The van der Waals surface area contributed by atoms with Crippen molar-refractivity contribution >= 4 is 5.91 Å². The fraction of sp³-hybridized carbons (Fsp3) is 0.500. The number of carbonyl (C=O) groups excluding carboxylic acids is 1. The van der Waals surface area contributed by atoms with E-state index in [9.17, 15) is 4.79 Å². The monoisotopic (exact) mass is 150 g/mol. The summed E-state index contributed by atoms with van der Waals surface area (Å²) in [6, 6.07) is 1.87. The summed E-state index contributed by atoms with van der Waals surface area (Å²) in [5.74, 6) is 0.196. The van der Waals surface area contributed by atoms with E-state index in [1.165, 1.54) is 7.05 Å². The van der Waals surface area contributed by atoms with Gasteiger partial charge < -0.3 is 5.32 Å². The molecule has 0 aliphatic heterocycles. The van der Waals surface area contributed by atoms with Gasteiger partial charge in [-0.3, -0.25) is 4.79 Å². The molecule has 0 aromatic carbocycles. The fourth-order valence-corrected chi connectivity index (χ4v) is 0.797. The molecule has 58 valence electrons. The molecule has 0 aromatic rings. The summed E-state index contributed by atoms with van der Waals surface area (Å²) in [6.07, 6.45) is 3.98. The van der Waals surface area contributed by atoms with Gasteiger partial charge in [0.2, 0.25) is 0 Å². The van der Waals surface area contributed by atoms with Gasteiger partial charge in [0.15, 0.2) is 0 Å². The smallest absolute Gasteiger partial charge is 0.261 e. The van der Waals surface area contributed by atoms with Crippen LogP contribution in [0.4, 0.5) is 0 Å². The van der Waals surface area contributed by atoms with E-state index in [1.807, 2.05) is 6.07 Å². The van der Waals surface area contributed by atoms with Crippen molar-refractivity contribution in [2.75, 3.05) is 7.05 Å². The SMILES string of the molecule is CNC(=O)C(C#N)=CC1CC1. The topological polar surface area (TPSA) is 52.9 Å².